The predicted molar refractivity (Wildman–Crippen MR) is 144 cm³/mol. The Balaban J connectivity index is 1.50. The van der Waals surface area contributed by atoms with E-state index in [0.717, 1.165) is 35.9 Å². The van der Waals surface area contributed by atoms with E-state index < -0.39 is 0 Å². The maximum atomic E-state index is 4.85. The van der Waals surface area contributed by atoms with E-state index in [1.165, 1.54) is 24.0 Å². The van der Waals surface area contributed by atoms with Crippen molar-refractivity contribution in [3.05, 3.63) is 47.7 Å². The van der Waals surface area contributed by atoms with Crippen molar-refractivity contribution in [1.82, 2.24) is 19.9 Å². The van der Waals surface area contributed by atoms with Crippen molar-refractivity contribution in [2.45, 2.75) is 65.2 Å². The monoisotopic (exact) mass is 470 g/mol. The molecule has 35 heavy (non-hydrogen) atoms. The van der Waals surface area contributed by atoms with E-state index in [2.05, 4.69) is 81.8 Å². The molecule has 6 nitrogen and oxygen atoms in total. The fourth-order valence-electron chi connectivity index (χ4n) is 5.66. The summed E-state index contributed by atoms with van der Waals surface area (Å²) in [5.41, 5.74) is 6.23. The van der Waals surface area contributed by atoms with Crippen molar-refractivity contribution < 1.29 is 0 Å². The zero-order valence-electron chi connectivity index (χ0n) is 22.5. The number of hydrogen-bond acceptors (Lipinski definition) is 6. The number of benzene rings is 1. The summed E-state index contributed by atoms with van der Waals surface area (Å²) in [4.78, 5) is 23.2. The summed E-state index contributed by atoms with van der Waals surface area (Å²) < 4.78 is 0. The first-order valence-electron chi connectivity index (χ1n) is 12.7. The van der Waals surface area contributed by atoms with Gasteiger partial charge in [0.1, 0.15) is 0 Å². The van der Waals surface area contributed by atoms with Gasteiger partial charge in [-0.05, 0) is 58.4 Å². The van der Waals surface area contributed by atoms with Crippen molar-refractivity contribution in [2.75, 3.05) is 37.0 Å². The Morgan fingerprint density at radius 1 is 0.771 bits per heavy atom. The van der Waals surface area contributed by atoms with E-state index in [4.69, 9.17) is 15.0 Å². The smallest absolute Gasteiger partial charge is 0.230 e. The maximum Gasteiger partial charge on any atom is 0.230 e. The topological polar surface area (TPSA) is 58.0 Å². The number of fused-ring (bicyclic) bond motifs is 1. The van der Waals surface area contributed by atoms with E-state index in [1.807, 2.05) is 25.2 Å². The van der Waals surface area contributed by atoms with Gasteiger partial charge in [0.15, 0.2) is 5.82 Å². The van der Waals surface area contributed by atoms with Gasteiger partial charge in [0.2, 0.25) is 11.9 Å². The molecule has 0 unspecified atom stereocenters. The first-order valence-corrected chi connectivity index (χ1v) is 12.7. The van der Waals surface area contributed by atoms with Crippen LogP contribution in [0.3, 0.4) is 0 Å². The summed E-state index contributed by atoms with van der Waals surface area (Å²) >= 11 is 0. The van der Waals surface area contributed by atoms with Gasteiger partial charge in [-0.25, -0.2) is 0 Å². The molecule has 0 amide bonds. The van der Waals surface area contributed by atoms with Crippen LogP contribution in [0.1, 0.15) is 65.5 Å². The number of anilines is 2. The van der Waals surface area contributed by atoms with Gasteiger partial charge in [-0.3, -0.25) is 4.98 Å². The third-order valence-corrected chi connectivity index (χ3v) is 9.21. The molecule has 184 valence electrons. The number of rotatable bonds is 4. The van der Waals surface area contributed by atoms with Crippen LogP contribution in [0.2, 0.25) is 0 Å². The van der Waals surface area contributed by atoms with Gasteiger partial charge in [-0.2, -0.15) is 15.0 Å². The van der Waals surface area contributed by atoms with E-state index in [1.54, 1.807) is 0 Å². The summed E-state index contributed by atoms with van der Waals surface area (Å²) in [7, 11) is 3.93. The molecule has 5 rings (SSSR count). The molecular weight excluding hydrogens is 432 g/mol. The van der Waals surface area contributed by atoms with E-state index in [-0.39, 0.29) is 16.2 Å². The minimum atomic E-state index is 0.0707. The maximum absolute atomic E-state index is 4.85. The van der Waals surface area contributed by atoms with E-state index in [0.29, 0.717) is 11.8 Å². The zero-order chi connectivity index (χ0) is 25.2. The summed E-state index contributed by atoms with van der Waals surface area (Å²) in [6.07, 6.45) is 4.26. The van der Waals surface area contributed by atoms with Gasteiger partial charge >= 0.3 is 0 Å². The molecule has 0 atom stereocenters. The standard InChI is InChI=1S/C29H38N6/c1-27(2)21-13-11-19(17-22(21)28(3,4)29(27,5)6)23-14-12-20(18-30-23)24-31-25(34(7)8)33-26(32-24)35-15-9-10-16-35/h11-14,17-18H,9-10,15-16H2,1-8H3. The van der Waals surface area contributed by atoms with Gasteiger partial charge in [-0.15, -0.1) is 0 Å². The molecule has 2 aliphatic rings. The third-order valence-electron chi connectivity index (χ3n) is 9.21. The highest BCUT2D eigenvalue weighted by atomic mass is 15.3. The van der Waals surface area contributed by atoms with Crippen LogP contribution in [-0.2, 0) is 10.8 Å². The fraction of sp³-hybridized carbons (Fsp3) is 0.517. The summed E-state index contributed by atoms with van der Waals surface area (Å²) in [6.45, 7) is 16.3. The van der Waals surface area contributed by atoms with E-state index >= 15 is 0 Å². The van der Waals surface area contributed by atoms with Gasteiger partial charge in [-0.1, -0.05) is 53.7 Å². The van der Waals surface area contributed by atoms with Crippen LogP contribution in [0.5, 0.6) is 0 Å². The van der Waals surface area contributed by atoms with Crippen molar-refractivity contribution in [2.24, 2.45) is 5.41 Å². The van der Waals surface area contributed by atoms with Crippen molar-refractivity contribution in [3.8, 4) is 22.6 Å². The summed E-state index contributed by atoms with van der Waals surface area (Å²) in [6, 6.07) is 11.1. The molecule has 6 heteroatoms. The van der Waals surface area contributed by atoms with Crippen LogP contribution in [0, 0.1) is 5.41 Å². The lowest BCUT2D eigenvalue weighted by Gasteiger charge is -2.44. The predicted octanol–water partition coefficient (Wildman–Crippen LogP) is 5.86. The number of aromatic nitrogens is 4. The molecule has 0 saturated carbocycles. The highest BCUT2D eigenvalue weighted by Crippen LogP contribution is 2.61. The quantitative estimate of drug-likeness (QED) is 0.476. The second-order valence-electron chi connectivity index (χ2n) is 11.9. The summed E-state index contributed by atoms with van der Waals surface area (Å²) in [5, 5.41) is 0. The molecule has 0 bridgehead atoms. The van der Waals surface area contributed by atoms with Crippen molar-refractivity contribution in [1.29, 1.82) is 0 Å². The third kappa shape index (κ3) is 3.60. The van der Waals surface area contributed by atoms with Crippen molar-refractivity contribution in [3.63, 3.8) is 0 Å². The van der Waals surface area contributed by atoms with Gasteiger partial charge < -0.3 is 9.80 Å². The Morgan fingerprint density at radius 3 is 2.06 bits per heavy atom. The fourth-order valence-corrected chi connectivity index (χ4v) is 5.66. The van der Waals surface area contributed by atoms with Crippen LogP contribution in [0.15, 0.2) is 36.5 Å². The Bertz CT molecular complexity index is 1250. The molecule has 1 aliphatic heterocycles. The largest absolute Gasteiger partial charge is 0.347 e. The van der Waals surface area contributed by atoms with Gasteiger partial charge in [0.25, 0.3) is 0 Å². The molecule has 1 fully saturated rings. The highest BCUT2D eigenvalue weighted by molar-refractivity contribution is 5.67. The molecule has 0 radical (unpaired) electrons. The molecule has 0 N–H and O–H groups in total. The Kier molecular flexibility index (Phi) is 5.42. The van der Waals surface area contributed by atoms with Crippen LogP contribution < -0.4 is 9.80 Å². The number of hydrogen-bond donors (Lipinski definition) is 0. The molecule has 3 aromatic rings. The molecule has 2 aromatic heterocycles. The SMILES string of the molecule is CN(C)c1nc(-c2ccc(-c3ccc4c(c3)C(C)(C)C(C)(C)C4(C)C)nc2)nc(N2CCCC2)n1. The Labute approximate surface area is 209 Å². The lowest BCUT2D eigenvalue weighted by Crippen LogP contribution is -2.42. The second kappa shape index (κ2) is 8.00. The van der Waals surface area contributed by atoms with Crippen LogP contribution in [0.25, 0.3) is 22.6 Å². The van der Waals surface area contributed by atoms with Crippen LogP contribution in [-0.4, -0.2) is 47.1 Å². The Morgan fingerprint density at radius 2 is 1.43 bits per heavy atom. The van der Waals surface area contributed by atoms with Crippen molar-refractivity contribution >= 4 is 11.9 Å². The van der Waals surface area contributed by atoms with E-state index in [9.17, 15) is 0 Å². The number of pyridine rings is 1. The first kappa shape index (κ1) is 23.7. The molecule has 3 heterocycles. The first-order chi connectivity index (χ1) is 16.4. The lowest BCUT2D eigenvalue weighted by atomic mass is 9.59. The minimum absolute atomic E-state index is 0.0707. The van der Waals surface area contributed by atoms with Gasteiger partial charge in [0.05, 0.1) is 5.69 Å². The normalized spacial score (nSPS) is 19.6. The van der Waals surface area contributed by atoms with Gasteiger partial charge in [0, 0.05) is 44.5 Å². The second-order valence-corrected chi connectivity index (χ2v) is 11.9. The zero-order valence-corrected chi connectivity index (χ0v) is 22.5. The minimum Gasteiger partial charge on any atom is -0.347 e. The molecule has 1 saturated heterocycles. The molecule has 1 aromatic carbocycles. The van der Waals surface area contributed by atoms with Crippen LogP contribution in [0.4, 0.5) is 11.9 Å². The summed E-state index contributed by atoms with van der Waals surface area (Å²) in [5.74, 6) is 2.10. The average Bonchev–Trinajstić information content (AvgIpc) is 3.41. The van der Waals surface area contributed by atoms with Crippen LogP contribution >= 0.6 is 0 Å². The average molecular weight is 471 g/mol. The number of nitrogens with zero attached hydrogens (tertiary/aromatic N) is 6. The lowest BCUT2D eigenvalue weighted by molar-refractivity contribution is 0.125. The highest BCUT2D eigenvalue weighted by Gasteiger charge is 2.56. The molecule has 0 spiro atoms. The molecular formula is C29H38N6. The molecule has 1 aliphatic carbocycles. The Hall–Kier alpha value is -3.02.